The van der Waals surface area contributed by atoms with Crippen molar-refractivity contribution in [2.45, 2.75) is 38.1 Å². The fourth-order valence-electron chi connectivity index (χ4n) is 5.37. The Morgan fingerprint density at radius 3 is 2.28 bits per heavy atom. The summed E-state index contributed by atoms with van der Waals surface area (Å²) in [7, 11) is 0. The van der Waals surface area contributed by atoms with E-state index in [1.165, 1.54) is 4.57 Å². The number of piperidine rings is 1. The van der Waals surface area contributed by atoms with Gasteiger partial charge in [0, 0.05) is 37.3 Å². The second-order valence-corrected chi connectivity index (χ2v) is 11.7. The predicted molar refractivity (Wildman–Crippen MR) is 168 cm³/mol. The number of alkyl halides is 2. The molecule has 1 aliphatic heterocycles. The van der Waals surface area contributed by atoms with E-state index < -0.39 is 48.3 Å². The number of likely N-dealkylation sites (tertiary alicyclic amines) is 1. The topological polar surface area (TPSA) is 103 Å². The lowest BCUT2D eigenvalue weighted by molar-refractivity contribution is -0.119. The van der Waals surface area contributed by atoms with Crippen molar-refractivity contribution in [1.82, 2.24) is 19.4 Å². The minimum Gasteiger partial charge on any atom is -0.482 e. The smallest absolute Gasteiger partial charge is 0.332 e. The van der Waals surface area contributed by atoms with Crippen molar-refractivity contribution in [1.29, 1.82) is 0 Å². The molecule has 2 heterocycles. The largest absolute Gasteiger partial charge is 0.482 e. The summed E-state index contributed by atoms with van der Waals surface area (Å²) in [6.07, 6.45) is -0.0923. The third-order valence-corrected chi connectivity index (χ3v) is 8.61. The molecule has 1 aliphatic rings. The standard InChI is InChI=1S/C32H29Cl2F3N4O5/c33-25-6-3-20(11-26(25)34)16-38-30(43)21-4-1-19(2-5-21)17-40-31(44)24-12-29(46-23(14-35)15-36)27(37)13-28(24)41(32(40)45)22-7-9-39(18-42)10-8-22/h1-6,11-13,18,22-23H,7-10,14-17H2,(H,38,43). The first-order chi connectivity index (χ1) is 22.1. The number of ether oxygens (including phenoxy) is 1. The van der Waals surface area contributed by atoms with Crippen LogP contribution in [0.4, 0.5) is 13.2 Å². The zero-order chi connectivity index (χ0) is 33.0. The lowest BCUT2D eigenvalue weighted by Crippen LogP contribution is -2.44. The average molecular weight is 678 g/mol. The summed E-state index contributed by atoms with van der Waals surface area (Å²) in [5, 5.41) is 3.47. The van der Waals surface area contributed by atoms with Crippen molar-refractivity contribution in [3.05, 3.63) is 108 Å². The number of nitrogens with zero attached hydrogens (tertiary/aromatic N) is 3. The number of benzene rings is 3. The highest BCUT2D eigenvalue weighted by Gasteiger charge is 2.26. The van der Waals surface area contributed by atoms with Gasteiger partial charge in [0.2, 0.25) is 6.41 Å². The van der Waals surface area contributed by atoms with Gasteiger partial charge >= 0.3 is 5.69 Å². The third kappa shape index (κ3) is 7.07. The molecule has 14 heteroatoms. The van der Waals surface area contributed by atoms with Crippen molar-refractivity contribution >= 4 is 46.4 Å². The number of aromatic nitrogens is 2. The maximum absolute atomic E-state index is 15.1. The molecule has 5 rings (SSSR count). The van der Waals surface area contributed by atoms with E-state index in [0.29, 0.717) is 53.5 Å². The van der Waals surface area contributed by atoms with Crippen LogP contribution in [0.2, 0.25) is 10.0 Å². The maximum atomic E-state index is 15.1. The summed E-state index contributed by atoms with van der Waals surface area (Å²) in [5.41, 5.74) is 0.168. The average Bonchev–Trinajstić information content (AvgIpc) is 3.07. The zero-order valence-corrected chi connectivity index (χ0v) is 25.9. The van der Waals surface area contributed by atoms with Crippen molar-refractivity contribution in [2.24, 2.45) is 0 Å². The summed E-state index contributed by atoms with van der Waals surface area (Å²) >= 11 is 12.0. The monoisotopic (exact) mass is 676 g/mol. The van der Waals surface area contributed by atoms with E-state index in [4.69, 9.17) is 27.9 Å². The van der Waals surface area contributed by atoms with E-state index in [-0.39, 0.29) is 29.9 Å². The van der Waals surface area contributed by atoms with Gasteiger partial charge in [0.1, 0.15) is 13.3 Å². The Labute approximate surface area is 271 Å². The van der Waals surface area contributed by atoms with Gasteiger partial charge in [0.25, 0.3) is 11.5 Å². The number of carbonyl (C=O) groups excluding carboxylic acids is 2. The Bertz CT molecular complexity index is 1870. The molecular weight excluding hydrogens is 648 g/mol. The number of hydrogen-bond acceptors (Lipinski definition) is 5. The molecule has 0 atom stereocenters. The molecule has 242 valence electrons. The zero-order valence-electron chi connectivity index (χ0n) is 24.4. The summed E-state index contributed by atoms with van der Waals surface area (Å²) in [4.78, 5) is 53.1. The molecule has 1 fully saturated rings. The van der Waals surface area contributed by atoms with Gasteiger partial charge < -0.3 is 15.0 Å². The van der Waals surface area contributed by atoms with Crippen LogP contribution in [0.3, 0.4) is 0 Å². The SMILES string of the molecule is O=CN1CCC(n2c(=O)n(Cc3ccc(C(=O)NCc4ccc(Cl)c(Cl)c4)cc3)c(=O)c3cc(OC(CF)CF)c(F)cc32)CC1. The molecule has 0 unspecified atom stereocenters. The molecule has 0 aliphatic carbocycles. The van der Waals surface area contributed by atoms with Crippen LogP contribution >= 0.6 is 23.2 Å². The quantitative estimate of drug-likeness (QED) is 0.224. The highest BCUT2D eigenvalue weighted by atomic mass is 35.5. The molecule has 46 heavy (non-hydrogen) atoms. The number of carbonyl (C=O) groups is 2. The fraction of sp³-hybridized carbons (Fsp3) is 0.312. The van der Waals surface area contributed by atoms with Gasteiger partial charge in [0.15, 0.2) is 17.7 Å². The third-order valence-electron chi connectivity index (χ3n) is 7.87. The van der Waals surface area contributed by atoms with Crippen molar-refractivity contribution in [3.8, 4) is 5.75 Å². The Morgan fingerprint density at radius 2 is 1.65 bits per heavy atom. The minimum atomic E-state index is -1.56. The number of fused-ring (bicyclic) bond motifs is 1. The highest BCUT2D eigenvalue weighted by Crippen LogP contribution is 2.28. The Balaban J connectivity index is 1.46. The summed E-state index contributed by atoms with van der Waals surface area (Å²) in [6.45, 7) is -1.69. The first-order valence-corrected chi connectivity index (χ1v) is 15.2. The molecule has 1 saturated heterocycles. The van der Waals surface area contributed by atoms with Crippen LogP contribution in [-0.4, -0.2) is 58.9 Å². The predicted octanol–water partition coefficient (Wildman–Crippen LogP) is 5.07. The second kappa shape index (κ2) is 14.4. The number of nitrogens with one attached hydrogen (secondary N) is 1. The van der Waals surface area contributed by atoms with Gasteiger partial charge in [0.05, 0.1) is 27.5 Å². The van der Waals surface area contributed by atoms with E-state index in [2.05, 4.69) is 5.32 Å². The van der Waals surface area contributed by atoms with Crippen LogP contribution in [0, 0.1) is 5.82 Å². The Kier molecular flexibility index (Phi) is 10.4. The van der Waals surface area contributed by atoms with E-state index in [0.717, 1.165) is 22.3 Å². The molecular formula is C32H29Cl2F3N4O5. The minimum absolute atomic E-state index is 0.00620. The van der Waals surface area contributed by atoms with Gasteiger partial charge in [-0.2, -0.15) is 0 Å². The lowest BCUT2D eigenvalue weighted by atomic mass is 10.0. The molecule has 0 radical (unpaired) electrons. The van der Waals surface area contributed by atoms with Gasteiger partial charge in [-0.1, -0.05) is 41.4 Å². The van der Waals surface area contributed by atoms with Crippen molar-refractivity contribution in [2.75, 3.05) is 26.4 Å². The second-order valence-electron chi connectivity index (χ2n) is 10.9. The van der Waals surface area contributed by atoms with Gasteiger partial charge in [-0.3, -0.25) is 23.5 Å². The molecule has 0 bridgehead atoms. The lowest BCUT2D eigenvalue weighted by Gasteiger charge is -2.31. The first-order valence-electron chi connectivity index (χ1n) is 14.4. The van der Waals surface area contributed by atoms with Gasteiger partial charge in [-0.25, -0.2) is 18.0 Å². The van der Waals surface area contributed by atoms with E-state index in [1.54, 1.807) is 47.4 Å². The van der Waals surface area contributed by atoms with Crippen LogP contribution in [0.1, 0.15) is 40.4 Å². The number of amides is 2. The van der Waals surface area contributed by atoms with Crippen LogP contribution in [0.25, 0.3) is 10.9 Å². The van der Waals surface area contributed by atoms with Crippen LogP contribution < -0.4 is 21.3 Å². The van der Waals surface area contributed by atoms with Crippen LogP contribution in [0.5, 0.6) is 5.75 Å². The molecule has 3 aromatic carbocycles. The van der Waals surface area contributed by atoms with Crippen molar-refractivity contribution in [3.63, 3.8) is 0 Å². The number of rotatable bonds is 11. The molecule has 1 N–H and O–H groups in total. The van der Waals surface area contributed by atoms with Gasteiger partial charge in [-0.05, 0) is 54.3 Å². The van der Waals surface area contributed by atoms with E-state index >= 15 is 4.39 Å². The summed E-state index contributed by atoms with van der Waals surface area (Å²) in [5.74, 6) is -1.87. The summed E-state index contributed by atoms with van der Waals surface area (Å²) < 4.78 is 48.9. The Hall–Kier alpha value is -4.29. The maximum Gasteiger partial charge on any atom is 0.332 e. The van der Waals surface area contributed by atoms with Crippen molar-refractivity contribution < 1.29 is 27.5 Å². The Morgan fingerprint density at radius 1 is 0.978 bits per heavy atom. The number of hydrogen-bond donors (Lipinski definition) is 1. The molecule has 2 amide bonds. The van der Waals surface area contributed by atoms with Crippen LogP contribution in [0.15, 0.2) is 64.2 Å². The molecule has 9 nitrogen and oxygen atoms in total. The molecule has 4 aromatic rings. The van der Waals surface area contributed by atoms with Crippen LogP contribution in [-0.2, 0) is 17.9 Å². The molecule has 0 saturated carbocycles. The normalized spacial score (nSPS) is 13.7. The summed E-state index contributed by atoms with van der Waals surface area (Å²) in [6, 6.07) is 12.9. The fourth-order valence-corrected chi connectivity index (χ4v) is 5.69. The highest BCUT2D eigenvalue weighted by molar-refractivity contribution is 6.42. The first kappa shape index (κ1) is 33.1. The molecule has 1 aromatic heterocycles. The number of halogens is 5. The van der Waals surface area contributed by atoms with E-state index in [1.807, 2.05) is 0 Å². The molecule has 0 spiro atoms. The van der Waals surface area contributed by atoms with Gasteiger partial charge in [-0.15, -0.1) is 0 Å². The van der Waals surface area contributed by atoms with E-state index in [9.17, 15) is 28.0 Å².